The van der Waals surface area contributed by atoms with Gasteiger partial charge in [0, 0.05) is 16.0 Å². The molecule has 0 fully saturated rings. The van der Waals surface area contributed by atoms with Gasteiger partial charge in [0.05, 0.1) is 5.97 Å². The summed E-state index contributed by atoms with van der Waals surface area (Å²) in [5, 5.41) is 12.7. The summed E-state index contributed by atoms with van der Waals surface area (Å²) in [6.45, 7) is 0. The van der Waals surface area contributed by atoms with Crippen LogP contribution in [-0.4, -0.2) is 5.97 Å². The second kappa shape index (κ2) is 5.93. The molecule has 15 heavy (non-hydrogen) atoms. The van der Waals surface area contributed by atoms with Crippen molar-refractivity contribution in [2.75, 3.05) is 0 Å². The third-order valence-corrected chi connectivity index (χ3v) is 2.84. The number of carboxylic acids is 1. The maximum absolute atomic E-state index is 10.8. The third kappa shape index (κ3) is 2.99. The molecule has 0 atom stereocenters. The fraction of sp³-hybridized carbons (Fsp3) is 0. The van der Waals surface area contributed by atoms with Crippen molar-refractivity contribution in [1.82, 2.24) is 0 Å². The van der Waals surface area contributed by atoms with Gasteiger partial charge < -0.3 is 9.90 Å². The van der Waals surface area contributed by atoms with Crippen molar-refractivity contribution >= 4 is 17.3 Å². The maximum atomic E-state index is 10.8. The molecule has 1 heterocycles. The van der Waals surface area contributed by atoms with E-state index in [4.69, 9.17) is 0 Å². The first kappa shape index (κ1) is 13.1. The summed E-state index contributed by atoms with van der Waals surface area (Å²) in [6.07, 6.45) is 0. The molecule has 0 bridgehead atoms. The molecule has 0 N–H and O–H groups in total. The largest absolute Gasteiger partial charge is 1.00 e. The molecule has 1 aromatic carbocycles. The molecule has 0 aliphatic rings. The number of benzene rings is 1. The maximum Gasteiger partial charge on any atom is 1.00 e. The van der Waals surface area contributed by atoms with Crippen LogP contribution in [0.15, 0.2) is 41.8 Å². The SMILES string of the molecule is O=C([O-])c1ccccc1-c1cccs1.[K+]. The Bertz CT molecular complexity index is 451. The van der Waals surface area contributed by atoms with E-state index in [1.165, 1.54) is 11.3 Å². The molecule has 0 radical (unpaired) electrons. The average molecular weight is 242 g/mol. The number of hydrogen-bond acceptors (Lipinski definition) is 3. The van der Waals surface area contributed by atoms with Crippen LogP contribution in [0.3, 0.4) is 0 Å². The summed E-state index contributed by atoms with van der Waals surface area (Å²) in [4.78, 5) is 11.8. The molecule has 2 aromatic rings. The molecule has 0 aliphatic heterocycles. The predicted molar refractivity (Wildman–Crippen MR) is 54.1 cm³/mol. The zero-order valence-electron chi connectivity index (χ0n) is 8.27. The second-order valence-corrected chi connectivity index (χ2v) is 3.76. The molecule has 0 aliphatic carbocycles. The fourth-order valence-electron chi connectivity index (χ4n) is 1.31. The smallest absolute Gasteiger partial charge is 0.545 e. The molecule has 0 spiro atoms. The van der Waals surface area contributed by atoms with Crippen molar-refractivity contribution in [3.05, 3.63) is 47.3 Å². The van der Waals surface area contributed by atoms with E-state index >= 15 is 0 Å². The second-order valence-electron chi connectivity index (χ2n) is 2.81. The van der Waals surface area contributed by atoms with Gasteiger partial charge in [-0.15, -0.1) is 11.3 Å². The van der Waals surface area contributed by atoms with E-state index in [1.807, 2.05) is 23.6 Å². The minimum absolute atomic E-state index is 0. The van der Waals surface area contributed by atoms with Crippen molar-refractivity contribution in [1.29, 1.82) is 0 Å². The number of carbonyl (C=O) groups is 1. The third-order valence-electron chi connectivity index (χ3n) is 1.93. The van der Waals surface area contributed by atoms with Gasteiger partial charge in [-0.1, -0.05) is 30.3 Å². The van der Waals surface area contributed by atoms with Crippen molar-refractivity contribution in [2.24, 2.45) is 0 Å². The van der Waals surface area contributed by atoms with E-state index < -0.39 is 5.97 Å². The van der Waals surface area contributed by atoms with Crippen molar-refractivity contribution < 1.29 is 61.3 Å². The minimum atomic E-state index is -1.13. The standard InChI is InChI=1S/C11H8O2S.K/c12-11(13)9-5-2-1-4-8(9)10-6-3-7-14-10;/h1-7H,(H,12,13);/q;+1/p-1. The molecule has 70 valence electrons. The Kier molecular flexibility index (Phi) is 5.18. The zero-order valence-corrected chi connectivity index (χ0v) is 12.2. The van der Waals surface area contributed by atoms with E-state index in [1.54, 1.807) is 18.2 Å². The Balaban J connectivity index is 0.00000112. The van der Waals surface area contributed by atoms with Gasteiger partial charge in [-0.25, -0.2) is 0 Å². The Morgan fingerprint density at radius 3 is 2.47 bits per heavy atom. The Morgan fingerprint density at radius 2 is 1.87 bits per heavy atom. The van der Waals surface area contributed by atoms with E-state index in [0.717, 1.165) is 10.4 Å². The topological polar surface area (TPSA) is 40.1 Å². The van der Waals surface area contributed by atoms with Gasteiger partial charge in [0.1, 0.15) is 0 Å². The fourth-order valence-corrected chi connectivity index (χ4v) is 2.07. The zero-order chi connectivity index (χ0) is 9.97. The molecule has 0 saturated heterocycles. The summed E-state index contributed by atoms with van der Waals surface area (Å²) in [5.74, 6) is -1.13. The van der Waals surface area contributed by atoms with Crippen LogP contribution in [0.4, 0.5) is 0 Å². The number of hydrogen-bond donors (Lipinski definition) is 0. The van der Waals surface area contributed by atoms with Crippen LogP contribution in [0.2, 0.25) is 0 Å². The Hall–Kier alpha value is 0.0264. The molecule has 1 aromatic heterocycles. The molecular formula is C11H7KO2S. The van der Waals surface area contributed by atoms with E-state index in [9.17, 15) is 9.90 Å². The Morgan fingerprint density at radius 1 is 1.13 bits per heavy atom. The first-order valence-electron chi connectivity index (χ1n) is 4.13. The van der Waals surface area contributed by atoms with Crippen LogP contribution < -0.4 is 56.5 Å². The molecule has 2 rings (SSSR count). The number of thiophene rings is 1. The first-order valence-corrected chi connectivity index (χ1v) is 5.01. The van der Waals surface area contributed by atoms with Gasteiger partial charge >= 0.3 is 51.4 Å². The van der Waals surface area contributed by atoms with E-state index in [2.05, 4.69) is 0 Å². The van der Waals surface area contributed by atoms with Crippen LogP contribution in [0.1, 0.15) is 10.4 Å². The average Bonchev–Trinajstić information content (AvgIpc) is 2.70. The van der Waals surface area contributed by atoms with Gasteiger partial charge in [0.2, 0.25) is 0 Å². The van der Waals surface area contributed by atoms with Crippen molar-refractivity contribution in [3.63, 3.8) is 0 Å². The molecule has 2 nitrogen and oxygen atoms in total. The molecule has 4 heteroatoms. The summed E-state index contributed by atoms with van der Waals surface area (Å²) in [6, 6.07) is 10.7. The van der Waals surface area contributed by atoms with Crippen molar-refractivity contribution in [3.8, 4) is 10.4 Å². The van der Waals surface area contributed by atoms with Crippen LogP contribution in [-0.2, 0) is 0 Å². The van der Waals surface area contributed by atoms with Gasteiger partial charge in [-0.2, -0.15) is 0 Å². The van der Waals surface area contributed by atoms with Crippen LogP contribution in [0.25, 0.3) is 10.4 Å². The van der Waals surface area contributed by atoms with Crippen LogP contribution in [0.5, 0.6) is 0 Å². The number of rotatable bonds is 2. The van der Waals surface area contributed by atoms with Crippen LogP contribution >= 0.6 is 11.3 Å². The summed E-state index contributed by atoms with van der Waals surface area (Å²) >= 11 is 1.52. The molecule has 0 unspecified atom stereocenters. The Labute approximate surface area is 134 Å². The number of aromatic carboxylic acids is 1. The van der Waals surface area contributed by atoms with Gasteiger partial charge in [-0.05, 0) is 11.4 Å². The number of carboxylic acid groups (broad SMARTS) is 1. The minimum Gasteiger partial charge on any atom is -0.545 e. The van der Waals surface area contributed by atoms with E-state index in [0.29, 0.717) is 0 Å². The number of carbonyl (C=O) groups excluding carboxylic acids is 1. The van der Waals surface area contributed by atoms with E-state index in [-0.39, 0.29) is 56.9 Å². The van der Waals surface area contributed by atoms with Crippen LogP contribution in [0, 0.1) is 0 Å². The first-order chi connectivity index (χ1) is 6.79. The van der Waals surface area contributed by atoms with Gasteiger partial charge in [0.25, 0.3) is 0 Å². The monoisotopic (exact) mass is 242 g/mol. The quantitative estimate of drug-likeness (QED) is 0.620. The summed E-state index contributed by atoms with van der Waals surface area (Å²) in [5.41, 5.74) is 0.970. The summed E-state index contributed by atoms with van der Waals surface area (Å²) < 4.78 is 0. The predicted octanol–water partition coefficient (Wildman–Crippen LogP) is -1.22. The normalized spacial score (nSPS) is 9.33. The van der Waals surface area contributed by atoms with Crippen molar-refractivity contribution in [2.45, 2.75) is 0 Å². The summed E-state index contributed by atoms with van der Waals surface area (Å²) in [7, 11) is 0. The molecule has 0 amide bonds. The van der Waals surface area contributed by atoms with Gasteiger partial charge in [0.15, 0.2) is 0 Å². The molecule has 0 saturated carbocycles. The molecular weight excluding hydrogens is 235 g/mol. The van der Waals surface area contributed by atoms with Gasteiger partial charge in [-0.3, -0.25) is 0 Å².